The lowest BCUT2D eigenvalue weighted by molar-refractivity contribution is -0.151. The molecule has 24 unspecified atom stereocenters. The molecule has 16 rings (SSSR count). The summed E-state index contributed by atoms with van der Waals surface area (Å²) in [6.45, 7) is 3.77. The summed E-state index contributed by atoms with van der Waals surface area (Å²) < 4.78 is 68.2. The third-order valence-corrected chi connectivity index (χ3v) is 24.6. The third kappa shape index (κ3) is 13.6. The molecule has 0 aromatic heterocycles. The normalized spacial score (nSPS) is 34.7. The van der Waals surface area contributed by atoms with Crippen molar-refractivity contribution in [2.45, 2.75) is 95.0 Å². The Bertz CT molecular complexity index is 4030. The Morgan fingerprint density at radius 2 is 0.740 bits per heavy atom. The predicted octanol–water partition coefficient (Wildman–Crippen LogP) is 9.63. The van der Waals surface area contributed by atoms with Crippen molar-refractivity contribution in [3.05, 3.63) is 113 Å². The smallest absolute Gasteiger partial charge is 0.481 e. The van der Waals surface area contributed by atoms with Gasteiger partial charge in [0.2, 0.25) is 0 Å². The van der Waals surface area contributed by atoms with Gasteiger partial charge < -0.3 is 77.3 Å². The summed E-state index contributed by atoms with van der Waals surface area (Å²) in [6, 6.07) is 23.4. The van der Waals surface area contributed by atoms with Crippen LogP contribution in [0.2, 0.25) is 0 Å². The van der Waals surface area contributed by atoms with E-state index in [0.29, 0.717) is 42.9 Å². The summed E-state index contributed by atoms with van der Waals surface area (Å²) in [7, 11) is 0. The second-order valence-corrected chi connectivity index (χ2v) is 32.6. The molecule has 4 N–H and O–H groups in total. The van der Waals surface area contributed by atoms with Crippen LogP contribution in [0, 0.1) is 126 Å². The lowest BCUT2D eigenvalue weighted by Crippen LogP contribution is -2.43. The van der Waals surface area contributed by atoms with Crippen LogP contribution < -0.4 is 14.2 Å². The molecule has 33 heteroatoms. The number of carbonyl (C=O) groups excluding carboxylic acids is 8. The van der Waals surface area contributed by atoms with Gasteiger partial charge in [0, 0.05) is 61.6 Å². The largest absolute Gasteiger partial charge is 0.514 e. The van der Waals surface area contributed by atoms with Crippen LogP contribution in [0.4, 0.5) is 19.2 Å². The zero-order chi connectivity index (χ0) is 71.3. The van der Waals surface area contributed by atoms with Crippen molar-refractivity contribution in [3.63, 3.8) is 0 Å². The highest BCUT2D eigenvalue weighted by Gasteiger charge is 2.74. The molecule has 8 aliphatic carbocycles. The molecule has 4 aromatic rings. The van der Waals surface area contributed by atoms with Gasteiger partial charge in [-0.25, -0.2) is 19.2 Å². The van der Waals surface area contributed by atoms with Crippen molar-refractivity contribution in [3.8, 4) is 17.2 Å². The van der Waals surface area contributed by atoms with E-state index in [1.807, 2.05) is 56.3 Å². The first kappa shape index (κ1) is 71.8. The second kappa shape index (κ2) is 28.5. The van der Waals surface area contributed by atoms with Gasteiger partial charge in [-0.15, -0.1) is 0 Å². The molecule has 0 spiro atoms. The van der Waals surface area contributed by atoms with Gasteiger partial charge in [-0.3, -0.25) is 38.4 Å². The first-order valence-electron chi connectivity index (χ1n) is 31.5. The average Bonchev–Trinajstić information content (AvgIpc) is 1.58. The van der Waals surface area contributed by atoms with E-state index >= 15 is 0 Å². The number of halogens is 5. The van der Waals surface area contributed by atoms with E-state index in [1.54, 1.807) is 36.4 Å². The monoisotopic (exact) mass is 1940 g/mol. The van der Waals surface area contributed by atoms with E-state index in [1.165, 1.54) is 0 Å². The molecule has 4 saturated heterocycles. The van der Waals surface area contributed by atoms with E-state index in [-0.39, 0.29) is 30.3 Å². The Balaban J connectivity index is 0.000000120. The molecule has 4 heterocycles. The number of carboxylic acid groups (broad SMARTS) is 4. The zero-order valence-corrected chi connectivity index (χ0v) is 62.7. The molecule has 12 fully saturated rings. The first-order chi connectivity index (χ1) is 47.5. The SMILES string of the molecule is Cc1cc(I)cc(I)c1OC(=O)OC1C2CC3C1OC(=O)C3C2C(=O)O.Cc1cc(I)cc(OC(=O)OC2C3CC4C2OC(=O)C4C3C(=O)O)c1.O=C(OCc1ccc(I)cc1)OC1C2CC3C1OC(=O)C3C2C(=O)O.O=C(Oc1ccc(I)cc1)OC1C2CC3C1OC(=O)C3C2C(=O)O. The average molecular weight is 1940 g/mol. The third-order valence-electron chi connectivity index (χ3n) is 21.1. The second-order valence-electron chi connectivity index (χ2n) is 26.4. The van der Waals surface area contributed by atoms with E-state index in [0.717, 1.165) is 34.5 Å². The van der Waals surface area contributed by atoms with Crippen molar-refractivity contribution < 1.29 is 135 Å². The quantitative estimate of drug-likeness (QED) is 0.0418. The summed E-state index contributed by atoms with van der Waals surface area (Å²) in [5.74, 6) is -13.5. The van der Waals surface area contributed by atoms with Gasteiger partial charge in [-0.2, -0.15) is 0 Å². The maximum Gasteiger partial charge on any atom is 0.514 e. The fourth-order valence-electron chi connectivity index (χ4n) is 17.6. The maximum absolute atomic E-state index is 12.3. The Morgan fingerprint density at radius 3 is 1.10 bits per heavy atom. The van der Waals surface area contributed by atoms with E-state index in [4.69, 9.17) is 56.8 Å². The van der Waals surface area contributed by atoms with E-state index in [9.17, 15) is 78.0 Å². The van der Waals surface area contributed by atoms with Crippen LogP contribution in [-0.4, -0.2) is 142 Å². The molecule has 8 saturated carbocycles. The Morgan fingerprint density at radius 1 is 0.400 bits per heavy atom. The molecule has 4 aromatic carbocycles. The first-order valence-corrected chi connectivity index (χ1v) is 36.9. The number of ether oxygens (including phenoxy) is 12. The summed E-state index contributed by atoms with van der Waals surface area (Å²) in [4.78, 5) is 142. The molecule has 0 amide bonds. The molecule has 0 radical (unpaired) electrons. The zero-order valence-electron chi connectivity index (χ0n) is 51.9. The number of fused-ring (bicyclic) bond motifs is 4. The Kier molecular flexibility index (Phi) is 20.5. The summed E-state index contributed by atoms with van der Waals surface area (Å²) in [6.07, 6.45) is -6.89. The lowest BCUT2D eigenvalue weighted by atomic mass is 9.78. The van der Waals surface area contributed by atoms with Gasteiger partial charge >= 0.3 is 72.4 Å². The van der Waals surface area contributed by atoms with Crippen molar-refractivity contribution >= 4 is 185 Å². The molecular formula is C67H57I5O28. The van der Waals surface area contributed by atoms with Gasteiger partial charge in [0.05, 0.1) is 50.9 Å². The van der Waals surface area contributed by atoms with Crippen molar-refractivity contribution in [2.24, 2.45) is 94.7 Å². The van der Waals surface area contributed by atoms with Crippen molar-refractivity contribution in [2.75, 3.05) is 0 Å². The summed E-state index contributed by atoms with van der Waals surface area (Å²) in [5, 5.41) is 37.7. The lowest BCUT2D eigenvalue weighted by Gasteiger charge is -2.28. The number of rotatable bonds is 13. The predicted molar refractivity (Wildman–Crippen MR) is 371 cm³/mol. The highest BCUT2D eigenvalue weighted by atomic mass is 127. The van der Waals surface area contributed by atoms with Crippen LogP contribution in [0.25, 0.3) is 0 Å². The van der Waals surface area contributed by atoms with Crippen LogP contribution in [0.5, 0.6) is 17.2 Å². The minimum absolute atomic E-state index is 0.0615. The van der Waals surface area contributed by atoms with Gasteiger partial charge in [-0.05, 0) is 236 Å². The van der Waals surface area contributed by atoms with Crippen LogP contribution in [-0.2, 0) is 87.6 Å². The fourth-order valence-corrected chi connectivity index (χ4v) is 21.3. The van der Waals surface area contributed by atoms with Gasteiger partial charge in [0.1, 0.15) is 66.9 Å². The molecule has 8 bridgehead atoms. The summed E-state index contributed by atoms with van der Waals surface area (Å²) >= 11 is 10.7. The van der Waals surface area contributed by atoms with Crippen LogP contribution >= 0.6 is 113 Å². The van der Waals surface area contributed by atoms with Crippen LogP contribution in [0.3, 0.4) is 0 Å². The van der Waals surface area contributed by atoms with E-state index < -0.39 is 192 Å². The molecule has 24 atom stereocenters. The van der Waals surface area contributed by atoms with Gasteiger partial charge in [0.15, 0.2) is 5.75 Å². The van der Waals surface area contributed by atoms with Crippen molar-refractivity contribution in [1.29, 1.82) is 0 Å². The number of hydrogen-bond acceptors (Lipinski definition) is 24. The van der Waals surface area contributed by atoms with Crippen LogP contribution in [0.1, 0.15) is 42.4 Å². The highest BCUT2D eigenvalue weighted by Crippen LogP contribution is 2.62. The minimum atomic E-state index is -1.05. The standard InChI is InChI=1S/C17H14I2O7.2C17H15IO7.C16H13IO7/c1-5-2-6(18)3-9(19)12(5)25-17(23)26-14-7-4-8-11(10(7)15(20)21)16(22)24-13(8)14;1-6-2-7(18)4-8(3-6)23-17(22)25-14-9-5-10-12(11(9)15(19)20)16(21)24-13(10)14;18-8-3-1-7(2-4-8)6-23-17(22)25-14-9-5-10-12(11(9)15(19)20)16(21)24-13(10)14;17-6-1-3-7(4-2-6)22-16(21)24-13-8-5-9-11(10(8)14(18)19)15(20)23-12(9)13/h2-3,7-8,10-11,13-14H,4H2,1H3,(H,20,21);2-4,9-14H,5H2,1H3,(H,19,20);1-4,9-14H,5-6H2,(H,19,20);1-4,8-13H,5H2,(H,18,19). The molecule has 4 aliphatic heterocycles. The van der Waals surface area contributed by atoms with Crippen molar-refractivity contribution in [1.82, 2.24) is 0 Å². The van der Waals surface area contributed by atoms with Gasteiger partial charge in [-0.1, -0.05) is 12.1 Å². The minimum Gasteiger partial charge on any atom is -0.481 e. The molecular weight excluding hydrogens is 1890 g/mol. The number of aliphatic carboxylic acids is 4. The fraction of sp³-hybridized carbons (Fsp3) is 0.463. The van der Waals surface area contributed by atoms with E-state index in [2.05, 4.69) is 113 Å². The summed E-state index contributed by atoms with van der Waals surface area (Å²) in [5.41, 5.74) is 2.55. The maximum atomic E-state index is 12.3. The number of benzene rings is 4. The number of carboxylic acids is 4. The topological polar surface area (TPSA) is 397 Å². The molecule has 28 nitrogen and oxygen atoms in total. The highest BCUT2D eigenvalue weighted by molar-refractivity contribution is 14.1. The number of hydrogen-bond donors (Lipinski definition) is 4. The van der Waals surface area contributed by atoms with Crippen LogP contribution in [0.15, 0.2) is 78.9 Å². The van der Waals surface area contributed by atoms with Gasteiger partial charge in [0.25, 0.3) is 0 Å². The Hall–Kier alpha value is -6.63. The number of aryl methyl sites for hydroxylation is 2. The molecule has 12 aliphatic rings. The Labute approximate surface area is 634 Å². The molecule has 100 heavy (non-hydrogen) atoms. The number of carbonyl (C=O) groups is 12. The molecule has 528 valence electrons. The number of esters is 4.